The van der Waals surface area contributed by atoms with Crippen molar-refractivity contribution in [3.8, 4) is 5.75 Å². The number of para-hydroxylation sites is 2. The van der Waals surface area contributed by atoms with E-state index in [-0.39, 0.29) is 15.5 Å². The molecule has 1 heterocycles. The Morgan fingerprint density at radius 3 is 2.61 bits per heavy atom. The first-order valence-electron chi connectivity index (χ1n) is 9.26. The largest absolute Gasteiger partial charge is 0.491 e. The molecule has 6 nitrogen and oxygen atoms in total. The lowest BCUT2D eigenvalue weighted by atomic mass is 10.2. The fraction of sp³-hybridized carbons (Fsp3) is 0.350. The van der Waals surface area contributed by atoms with E-state index in [1.165, 1.54) is 22.5 Å². The van der Waals surface area contributed by atoms with Crippen molar-refractivity contribution < 1.29 is 17.9 Å². The first-order chi connectivity index (χ1) is 13.4. The minimum atomic E-state index is -3.63. The molecule has 2 aromatic carbocycles. The van der Waals surface area contributed by atoms with Crippen LogP contribution in [-0.2, 0) is 10.0 Å². The van der Waals surface area contributed by atoms with Crippen LogP contribution in [0.15, 0.2) is 47.4 Å². The van der Waals surface area contributed by atoms with E-state index in [9.17, 15) is 13.2 Å². The first-order valence-corrected chi connectivity index (χ1v) is 11.1. The van der Waals surface area contributed by atoms with E-state index in [2.05, 4.69) is 5.32 Å². The number of nitrogens with one attached hydrogen (secondary N) is 1. The van der Waals surface area contributed by atoms with Gasteiger partial charge in [-0.25, -0.2) is 8.42 Å². The molecule has 0 bridgehead atoms. The zero-order chi connectivity index (χ0) is 20.1. The summed E-state index contributed by atoms with van der Waals surface area (Å²) in [6.45, 7) is 3.51. The van der Waals surface area contributed by atoms with Crippen LogP contribution in [0.5, 0.6) is 5.75 Å². The van der Waals surface area contributed by atoms with Crippen molar-refractivity contribution >= 4 is 33.2 Å². The van der Waals surface area contributed by atoms with Crippen molar-refractivity contribution in [1.29, 1.82) is 0 Å². The van der Waals surface area contributed by atoms with Gasteiger partial charge in [0.1, 0.15) is 5.75 Å². The number of benzene rings is 2. The van der Waals surface area contributed by atoms with Crippen LogP contribution >= 0.6 is 11.6 Å². The third-order valence-electron chi connectivity index (χ3n) is 4.48. The molecule has 1 aliphatic rings. The number of anilines is 1. The maximum atomic E-state index is 12.8. The van der Waals surface area contributed by atoms with E-state index in [1.54, 1.807) is 18.2 Å². The van der Waals surface area contributed by atoms with Gasteiger partial charge in [-0.1, -0.05) is 30.7 Å². The standard InChI is InChI=1S/C20H23ClN2O4S/c1-2-13-27-19-8-4-3-7-18(19)22-20(24)16-14-15(9-10-17(16)21)28(25,26)23-11-5-6-12-23/h3-4,7-10,14H,2,5-6,11-13H2,1H3,(H,22,24). The van der Waals surface area contributed by atoms with Crippen LogP contribution < -0.4 is 10.1 Å². The normalized spacial score (nSPS) is 14.8. The molecule has 1 aliphatic heterocycles. The van der Waals surface area contributed by atoms with Crippen LogP contribution in [0.25, 0.3) is 0 Å². The van der Waals surface area contributed by atoms with Crippen molar-refractivity contribution in [2.45, 2.75) is 31.1 Å². The molecule has 0 aliphatic carbocycles. The van der Waals surface area contributed by atoms with E-state index < -0.39 is 15.9 Å². The monoisotopic (exact) mass is 422 g/mol. The highest BCUT2D eigenvalue weighted by molar-refractivity contribution is 7.89. The van der Waals surface area contributed by atoms with Crippen molar-refractivity contribution in [3.05, 3.63) is 53.1 Å². The molecule has 1 N–H and O–H groups in total. The van der Waals surface area contributed by atoms with Crippen molar-refractivity contribution in [1.82, 2.24) is 4.31 Å². The van der Waals surface area contributed by atoms with E-state index in [1.807, 2.05) is 13.0 Å². The highest BCUT2D eigenvalue weighted by Crippen LogP contribution is 2.28. The number of hydrogen-bond acceptors (Lipinski definition) is 4. The topological polar surface area (TPSA) is 75.7 Å². The Morgan fingerprint density at radius 1 is 1.18 bits per heavy atom. The molecule has 1 saturated heterocycles. The molecule has 0 radical (unpaired) electrons. The summed E-state index contributed by atoms with van der Waals surface area (Å²) in [4.78, 5) is 12.9. The lowest BCUT2D eigenvalue weighted by Gasteiger charge is -2.17. The number of ether oxygens (including phenoxy) is 1. The third-order valence-corrected chi connectivity index (χ3v) is 6.71. The fourth-order valence-electron chi connectivity index (χ4n) is 3.01. The van der Waals surface area contributed by atoms with Crippen molar-refractivity contribution in [3.63, 3.8) is 0 Å². The minimum Gasteiger partial charge on any atom is -0.491 e. The number of hydrogen-bond donors (Lipinski definition) is 1. The predicted molar refractivity (Wildman–Crippen MR) is 110 cm³/mol. The van der Waals surface area contributed by atoms with E-state index in [0.29, 0.717) is 31.1 Å². The average Bonchev–Trinajstić information content (AvgIpc) is 3.23. The lowest BCUT2D eigenvalue weighted by molar-refractivity contribution is 0.102. The molecule has 28 heavy (non-hydrogen) atoms. The van der Waals surface area contributed by atoms with Gasteiger partial charge in [0.15, 0.2) is 0 Å². The summed E-state index contributed by atoms with van der Waals surface area (Å²) in [7, 11) is -3.63. The van der Waals surface area contributed by atoms with Crippen LogP contribution in [-0.4, -0.2) is 38.3 Å². The number of carbonyl (C=O) groups excluding carboxylic acids is 1. The van der Waals surface area contributed by atoms with Crippen molar-refractivity contribution in [2.75, 3.05) is 25.0 Å². The lowest BCUT2D eigenvalue weighted by Crippen LogP contribution is -2.28. The Balaban J connectivity index is 1.87. The predicted octanol–water partition coefficient (Wildman–Crippen LogP) is 4.17. The van der Waals surface area contributed by atoms with Crippen molar-refractivity contribution in [2.24, 2.45) is 0 Å². The second-order valence-corrected chi connectivity index (χ2v) is 8.90. The second kappa shape index (κ2) is 8.94. The Bertz CT molecular complexity index is 956. The van der Waals surface area contributed by atoms with Crippen LogP contribution in [0.2, 0.25) is 5.02 Å². The van der Waals surface area contributed by atoms with E-state index >= 15 is 0 Å². The Morgan fingerprint density at radius 2 is 1.89 bits per heavy atom. The molecule has 150 valence electrons. The molecule has 3 rings (SSSR count). The maximum absolute atomic E-state index is 12.8. The van der Waals surface area contributed by atoms with Crippen LogP contribution in [0.3, 0.4) is 0 Å². The number of amides is 1. The van der Waals surface area contributed by atoms with Gasteiger partial charge in [-0.3, -0.25) is 4.79 Å². The highest BCUT2D eigenvalue weighted by atomic mass is 35.5. The van der Waals surface area contributed by atoms with Gasteiger partial charge in [0, 0.05) is 13.1 Å². The van der Waals surface area contributed by atoms with Gasteiger partial charge in [0.25, 0.3) is 5.91 Å². The van der Waals surface area contributed by atoms with E-state index in [4.69, 9.17) is 16.3 Å². The number of nitrogens with zero attached hydrogens (tertiary/aromatic N) is 1. The molecule has 1 fully saturated rings. The number of carbonyl (C=O) groups is 1. The van der Waals surface area contributed by atoms with Gasteiger partial charge in [-0.2, -0.15) is 4.31 Å². The summed E-state index contributed by atoms with van der Waals surface area (Å²) >= 11 is 6.19. The summed E-state index contributed by atoms with van der Waals surface area (Å²) in [6, 6.07) is 11.3. The Hall–Kier alpha value is -2.09. The Labute approximate surface area is 170 Å². The third kappa shape index (κ3) is 4.48. The zero-order valence-corrected chi connectivity index (χ0v) is 17.2. The number of halogens is 1. The average molecular weight is 423 g/mol. The number of rotatable bonds is 7. The van der Waals surface area contributed by atoms with E-state index in [0.717, 1.165) is 19.3 Å². The van der Waals surface area contributed by atoms with Gasteiger partial charge in [-0.15, -0.1) is 0 Å². The highest BCUT2D eigenvalue weighted by Gasteiger charge is 2.28. The van der Waals surface area contributed by atoms with Gasteiger partial charge >= 0.3 is 0 Å². The summed E-state index contributed by atoms with van der Waals surface area (Å²) in [6.07, 6.45) is 2.52. The molecule has 0 saturated carbocycles. The molecule has 2 aromatic rings. The fourth-order valence-corrected chi connectivity index (χ4v) is 4.76. The molecule has 0 aromatic heterocycles. The van der Waals surface area contributed by atoms with Gasteiger partial charge in [-0.05, 0) is 49.6 Å². The maximum Gasteiger partial charge on any atom is 0.257 e. The van der Waals surface area contributed by atoms with Crippen LogP contribution in [0, 0.1) is 0 Å². The molecule has 1 amide bonds. The second-order valence-electron chi connectivity index (χ2n) is 6.55. The molecule has 0 spiro atoms. The minimum absolute atomic E-state index is 0.0690. The van der Waals surface area contributed by atoms with Gasteiger partial charge < -0.3 is 10.1 Å². The SMILES string of the molecule is CCCOc1ccccc1NC(=O)c1cc(S(=O)(=O)N2CCCC2)ccc1Cl. The van der Waals surface area contributed by atoms with Crippen LogP contribution in [0.4, 0.5) is 5.69 Å². The molecule has 0 atom stereocenters. The van der Waals surface area contributed by atoms with Gasteiger partial charge in [0.05, 0.1) is 27.8 Å². The molecule has 0 unspecified atom stereocenters. The summed E-state index contributed by atoms with van der Waals surface area (Å²) in [5.41, 5.74) is 0.608. The molecular weight excluding hydrogens is 400 g/mol. The summed E-state index contributed by atoms with van der Waals surface area (Å²) in [5.74, 6) is 0.0608. The zero-order valence-electron chi connectivity index (χ0n) is 15.7. The molecule has 8 heteroatoms. The molecular formula is C20H23ClN2O4S. The summed E-state index contributed by atoms with van der Waals surface area (Å²) in [5, 5.41) is 2.95. The smallest absolute Gasteiger partial charge is 0.257 e. The number of sulfonamides is 1. The Kier molecular flexibility index (Phi) is 6.59. The first kappa shape index (κ1) is 20.6. The van der Waals surface area contributed by atoms with Gasteiger partial charge in [0.2, 0.25) is 10.0 Å². The van der Waals surface area contributed by atoms with Crippen LogP contribution in [0.1, 0.15) is 36.5 Å². The quantitative estimate of drug-likeness (QED) is 0.726. The summed E-state index contributed by atoms with van der Waals surface area (Å²) < 4.78 is 32.6.